The number of rotatable bonds is 4. The van der Waals surface area contributed by atoms with Crippen LogP contribution in [0.5, 0.6) is 5.75 Å². The van der Waals surface area contributed by atoms with Crippen LogP contribution in [0, 0.1) is 5.41 Å². The molecule has 0 unspecified atom stereocenters. The Morgan fingerprint density at radius 1 is 1.35 bits per heavy atom. The van der Waals surface area contributed by atoms with Crippen molar-refractivity contribution in [2.75, 3.05) is 13.2 Å². The number of hydrogen-bond donors (Lipinski definition) is 1. The monoisotopic (exact) mass is 255 g/mol. The fourth-order valence-electron chi connectivity index (χ4n) is 1.12. The number of nitrogens with one attached hydrogen (secondary N) is 1. The normalized spacial score (nSPS) is 11.1. The third kappa shape index (κ3) is 5.59. The molecule has 0 fully saturated rings. The average Bonchev–Trinajstić information content (AvgIpc) is 2.24. The van der Waals surface area contributed by atoms with E-state index in [0.717, 1.165) is 0 Å². The van der Waals surface area contributed by atoms with Gasteiger partial charge in [-0.05, 0) is 17.5 Å². The van der Waals surface area contributed by atoms with Crippen LogP contribution in [0.25, 0.3) is 0 Å². The first kappa shape index (κ1) is 13.8. The van der Waals surface area contributed by atoms with Crippen molar-refractivity contribution in [1.82, 2.24) is 5.32 Å². The molecule has 1 rings (SSSR count). The fourth-order valence-corrected chi connectivity index (χ4v) is 1.31. The van der Waals surface area contributed by atoms with Crippen molar-refractivity contribution in [2.24, 2.45) is 5.41 Å². The Labute approximate surface area is 107 Å². The second-order valence-corrected chi connectivity index (χ2v) is 5.46. The van der Waals surface area contributed by atoms with Gasteiger partial charge in [0.15, 0.2) is 6.61 Å². The van der Waals surface area contributed by atoms with Crippen LogP contribution in [-0.2, 0) is 4.79 Å². The molecule has 1 aromatic rings. The van der Waals surface area contributed by atoms with Crippen molar-refractivity contribution in [2.45, 2.75) is 20.8 Å². The van der Waals surface area contributed by atoms with Gasteiger partial charge in [0, 0.05) is 6.54 Å². The molecule has 1 aromatic carbocycles. The molecule has 4 heteroatoms. The molecule has 0 heterocycles. The van der Waals surface area contributed by atoms with Gasteiger partial charge in [-0.1, -0.05) is 44.5 Å². The zero-order valence-electron chi connectivity index (χ0n) is 10.4. The minimum atomic E-state index is -0.139. The van der Waals surface area contributed by atoms with Crippen LogP contribution in [0.4, 0.5) is 0 Å². The van der Waals surface area contributed by atoms with Gasteiger partial charge in [-0.3, -0.25) is 4.79 Å². The van der Waals surface area contributed by atoms with E-state index in [1.165, 1.54) is 0 Å². The van der Waals surface area contributed by atoms with E-state index in [1.54, 1.807) is 12.1 Å². The number of carbonyl (C=O) groups is 1. The highest BCUT2D eigenvalue weighted by Gasteiger charge is 2.12. The van der Waals surface area contributed by atoms with Gasteiger partial charge in [0.2, 0.25) is 0 Å². The van der Waals surface area contributed by atoms with Gasteiger partial charge in [-0.25, -0.2) is 0 Å². The van der Waals surface area contributed by atoms with Crippen LogP contribution >= 0.6 is 11.6 Å². The largest absolute Gasteiger partial charge is 0.482 e. The Morgan fingerprint density at radius 3 is 2.59 bits per heavy atom. The minimum absolute atomic E-state index is 0.0141. The van der Waals surface area contributed by atoms with E-state index in [4.69, 9.17) is 16.3 Å². The first-order valence-electron chi connectivity index (χ1n) is 5.52. The molecule has 0 spiro atoms. The fraction of sp³-hybridized carbons (Fsp3) is 0.462. The summed E-state index contributed by atoms with van der Waals surface area (Å²) in [7, 11) is 0. The third-order valence-corrected chi connectivity index (χ3v) is 2.32. The van der Waals surface area contributed by atoms with Crippen LogP contribution in [0.3, 0.4) is 0 Å². The smallest absolute Gasteiger partial charge is 0.257 e. The zero-order valence-corrected chi connectivity index (χ0v) is 11.2. The van der Waals surface area contributed by atoms with E-state index in [0.29, 0.717) is 17.3 Å². The van der Waals surface area contributed by atoms with Gasteiger partial charge in [0.25, 0.3) is 5.91 Å². The maximum atomic E-state index is 11.5. The molecule has 1 amide bonds. The summed E-state index contributed by atoms with van der Waals surface area (Å²) in [4.78, 5) is 11.5. The average molecular weight is 256 g/mol. The van der Waals surface area contributed by atoms with Gasteiger partial charge >= 0.3 is 0 Å². The predicted molar refractivity (Wildman–Crippen MR) is 69.4 cm³/mol. The molecular formula is C13H18ClNO2. The molecule has 0 aliphatic rings. The van der Waals surface area contributed by atoms with Crippen molar-refractivity contribution in [3.63, 3.8) is 0 Å². The Balaban J connectivity index is 2.36. The number of halogens is 1. The van der Waals surface area contributed by atoms with Crippen molar-refractivity contribution < 1.29 is 9.53 Å². The van der Waals surface area contributed by atoms with Crippen LogP contribution in [0.2, 0.25) is 5.02 Å². The molecule has 0 saturated heterocycles. The van der Waals surface area contributed by atoms with Crippen LogP contribution < -0.4 is 10.1 Å². The third-order valence-electron chi connectivity index (χ3n) is 2.01. The summed E-state index contributed by atoms with van der Waals surface area (Å²) in [5.74, 6) is 0.389. The lowest BCUT2D eigenvalue weighted by Gasteiger charge is -2.18. The van der Waals surface area contributed by atoms with Gasteiger partial charge in [-0.2, -0.15) is 0 Å². The molecule has 17 heavy (non-hydrogen) atoms. The van der Waals surface area contributed by atoms with E-state index < -0.39 is 0 Å². The molecule has 0 bridgehead atoms. The number of amides is 1. The molecule has 0 saturated carbocycles. The van der Waals surface area contributed by atoms with Gasteiger partial charge in [0.1, 0.15) is 5.75 Å². The molecule has 0 radical (unpaired) electrons. The van der Waals surface area contributed by atoms with Crippen molar-refractivity contribution in [1.29, 1.82) is 0 Å². The number of para-hydroxylation sites is 1. The maximum Gasteiger partial charge on any atom is 0.257 e. The maximum absolute atomic E-state index is 11.5. The number of carbonyl (C=O) groups excluding carboxylic acids is 1. The summed E-state index contributed by atoms with van der Waals surface area (Å²) in [6.45, 7) is 6.78. The highest BCUT2D eigenvalue weighted by atomic mass is 35.5. The summed E-state index contributed by atoms with van der Waals surface area (Å²) in [6.07, 6.45) is 0. The van der Waals surface area contributed by atoms with Crippen LogP contribution in [-0.4, -0.2) is 19.1 Å². The summed E-state index contributed by atoms with van der Waals surface area (Å²) in [5, 5.41) is 3.32. The van der Waals surface area contributed by atoms with Gasteiger partial charge in [-0.15, -0.1) is 0 Å². The quantitative estimate of drug-likeness (QED) is 0.899. The van der Waals surface area contributed by atoms with E-state index in [2.05, 4.69) is 26.1 Å². The van der Waals surface area contributed by atoms with Gasteiger partial charge in [0.05, 0.1) is 5.02 Å². The second kappa shape index (κ2) is 5.92. The molecule has 0 atom stereocenters. The van der Waals surface area contributed by atoms with E-state index in [9.17, 15) is 4.79 Å². The lowest BCUT2D eigenvalue weighted by Crippen LogP contribution is -2.35. The second-order valence-electron chi connectivity index (χ2n) is 5.06. The number of hydrogen-bond acceptors (Lipinski definition) is 2. The number of ether oxygens (including phenoxy) is 1. The first-order valence-corrected chi connectivity index (χ1v) is 5.90. The first-order chi connectivity index (χ1) is 7.88. The minimum Gasteiger partial charge on any atom is -0.482 e. The summed E-state index contributed by atoms with van der Waals surface area (Å²) in [5.41, 5.74) is 0.0695. The van der Waals surface area contributed by atoms with Gasteiger partial charge < -0.3 is 10.1 Å². The summed E-state index contributed by atoms with van der Waals surface area (Å²) < 4.78 is 5.32. The van der Waals surface area contributed by atoms with E-state index in [-0.39, 0.29) is 17.9 Å². The lowest BCUT2D eigenvalue weighted by molar-refractivity contribution is -0.123. The highest BCUT2D eigenvalue weighted by molar-refractivity contribution is 6.32. The van der Waals surface area contributed by atoms with Crippen LogP contribution in [0.1, 0.15) is 20.8 Å². The molecule has 0 aromatic heterocycles. The van der Waals surface area contributed by atoms with Crippen molar-refractivity contribution in [3.05, 3.63) is 29.3 Å². The Kier molecular flexibility index (Phi) is 4.82. The Bertz CT molecular complexity index is 385. The van der Waals surface area contributed by atoms with E-state index in [1.807, 2.05) is 12.1 Å². The number of benzene rings is 1. The molecule has 0 aliphatic carbocycles. The molecule has 1 N–H and O–H groups in total. The Hall–Kier alpha value is -1.22. The summed E-state index contributed by atoms with van der Waals surface area (Å²) >= 11 is 5.90. The SMILES string of the molecule is CC(C)(C)CNC(=O)COc1ccccc1Cl. The molecule has 0 aliphatic heterocycles. The predicted octanol–water partition coefficient (Wildman–Crippen LogP) is 2.88. The molecular weight excluding hydrogens is 238 g/mol. The van der Waals surface area contributed by atoms with Crippen molar-refractivity contribution >= 4 is 17.5 Å². The molecule has 3 nitrogen and oxygen atoms in total. The lowest BCUT2D eigenvalue weighted by atomic mass is 9.97. The topological polar surface area (TPSA) is 38.3 Å². The molecule has 94 valence electrons. The van der Waals surface area contributed by atoms with Crippen LogP contribution in [0.15, 0.2) is 24.3 Å². The zero-order chi connectivity index (χ0) is 12.9. The summed E-state index contributed by atoms with van der Waals surface area (Å²) in [6, 6.07) is 7.09. The highest BCUT2D eigenvalue weighted by Crippen LogP contribution is 2.22. The van der Waals surface area contributed by atoms with Crippen molar-refractivity contribution in [3.8, 4) is 5.75 Å². The van der Waals surface area contributed by atoms with E-state index >= 15 is 0 Å². The Morgan fingerprint density at radius 2 is 2.00 bits per heavy atom. The standard InChI is InChI=1S/C13H18ClNO2/c1-13(2,3)9-15-12(16)8-17-11-7-5-4-6-10(11)14/h4-7H,8-9H2,1-3H3,(H,15,16).